The Balaban J connectivity index is 2.42. The molecule has 1 aromatic rings. The van der Waals surface area contributed by atoms with Crippen molar-refractivity contribution in [3.8, 4) is 0 Å². The highest BCUT2D eigenvalue weighted by Gasteiger charge is 2.08. The lowest BCUT2D eigenvalue weighted by Gasteiger charge is -2.24. The number of benzene rings is 1. The molecule has 0 aliphatic carbocycles. The highest BCUT2D eigenvalue weighted by Crippen LogP contribution is 2.09. The fourth-order valence-corrected chi connectivity index (χ4v) is 2.22. The fraction of sp³-hybridized carbons (Fsp3) is 0.588. The van der Waals surface area contributed by atoms with E-state index >= 15 is 0 Å². The molecule has 0 unspecified atom stereocenters. The first-order chi connectivity index (χ1) is 10.6. The van der Waals surface area contributed by atoms with Crippen LogP contribution in [0.4, 0.5) is 0 Å². The molecule has 0 radical (unpaired) electrons. The van der Waals surface area contributed by atoms with Crippen LogP contribution in [-0.4, -0.2) is 70.3 Å². The van der Waals surface area contributed by atoms with Gasteiger partial charge in [0.25, 0.3) is 0 Å². The number of aryl methyl sites for hydroxylation is 1. The van der Waals surface area contributed by atoms with E-state index in [-0.39, 0.29) is 0 Å². The topological polar surface area (TPSA) is 40.1 Å². The number of nitrogens with one attached hydrogen (secondary N) is 1. The number of rotatable bonds is 8. The molecule has 0 saturated heterocycles. The summed E-state index contributed by atoms with van der Waals surface area (Å²) in [4.78, 5) is 8.75. The Kier molecular flexibility index (Phi) is 8.55. The minimum Gasteiger partial charge on any atom is -0.383 e. The maximum absolute atomic E-state index is 5.08. The maximum atomic E-state index is 5.08. The first-order valence-corrected chi connectivity index (χ1v) is 7.72. The van der Waals surface area contributed by atoms with Gasteiger partial charge in [-0.15, -0.1) is 0 Å². The van der Waals surface area contributed by atoms with Crippen molar-refractivity contribution in [2.45, 2.75) is 13.5 Å². The van der Waals surface area contributed by atoms with Crippen LogP contribution >= 0.6 is 0 Å². The third-order valence-corrected chi connectivity index (χ3v) is 3.70. The molecule has 0 spiro atoms. The summed E-state index contributed by atoms with van der Waals surface area (Å²) in [6.07, 6.45) is 0. The maximum Gasteiger partial charge on any atom is 0.193 e. The number of nitrogens with zero attached hydrogens (tertiary/aromatic N) is 3. The summed E-state index contributed by atoms with van der Waals surface area (Å²) >= 11 is 0. The number of likely N-dealkylation sites (N-methyl/N-ethyl adjacent to an activating group) is 1. The van der Waals surface area contributed by atoms with E-state index in [1.54, 1.807) is 7.11 Å². The minimum absolute atomic E-state index is 0.762. The van der Waals surface area contributed by atoms with Crippen LogP contribution < -0.4 is 5.32 Å². The number of hydrogen-bond donors (Lipinski definition) is 1. The van der Waals surface area contributed by atoms with Crippen LogP contribution in [0.5, 0.6) is 0 Å². The van der Waals surface area contributed by atoms with Crippen molar-refractivity contribution in [3.05, 3.63) is 35.4 Å². The van der Waals surface area contributed by atoms with Gasteiger partial charge in [-0.25, -0.2) is 0 Å². The lowest BCUT2D eigenvalue weighted by Crippen LogP contribution is -2.42. The smallest absolute Gasteiger partial charge is 0.193 e. The normalized spacial score (nSPS) is 11.8. The Morgan fingerprint density at radius 2 is 1.95 bits per heavy atom. The Labute approximate surface area is 135 Å². The predicted octanol–water partition coefficient (Wildman–Crippen LogP) is 1.58. The lowest BCUT2D eigenvalue weighted by molar-refractivity contribution is 0.162. The van der Waals surface area contributed by atoms with Crippen LogP contribution in [0.25, 0.3) is 0 Å². The number of ether oxygens (including phenoxy) is 1. The van der Waals surface area contributed by atoms with Crippen LogP contribution in [-0.2, 0) is 11.3 Å². The Hall–Kier alpha value is -1.59. The molecule has 0 aliphatic heterocycles. The zero-order chi connectivity index (χ0) is 16.4. The second-order valence-corrected chi connectivity index (χ2v) is 5.55. The fourth-order valence-electron chi connectivity index (χ4n) is 2.22. The van der Waals surface area contributed by atoms with Gasteiger partial charge in [0.1, 0.15) is 0 Å². The third-order valence-electron chi connectivity index (χ3n) is 3.70. The standard InChI is InChI=1S/C17H30N4O/c1-15-8-6-7-9-16(15)14-21(4)17(18-2)19-10-11-20(3)12-13-22-5/h6-9H,10-14H2,1-5H3,(H,18,19). The molecule has 0 fully saturated rings. The molecule has 0 bridgehead atoms. The molecule has 0 amide bonds. The Bertz CT molecular complexity index is 462. The molecule has 1 aromatic carbocycles. The van der Waals surface area contributed by atoms with Crippen LogP contribution in [0.3, 0.4) is 0 Å². The van der Waals surface area contributed by atoms with E-state index in [9.17, 15) is 0 Å². The highest BCUT2D eigenvalue weighted by atomic mass is 16.5. The zero-order valence-electron chi connectivity index (χ0n) is 14.6. The van der Waals surface area contributed by atoms with Crippen LogP contribution in [0.2, 0.25) is 0 Å². The van der Waals surface area contributed by atoms with Gasteiger partial charge in [-0.1, -0.05) is 24.3 Å². The molecule has 5 nitrogen and oxygen atoms in total. The molecule has 5 heteroatoms. The van der Waals surface area contributed by atoms with Crippen molar-refractivity contribution >= 4 is 5.96 Å². The van der Waals surface area contributed by atoms with Crippen LogP contribution in [0, 0.1) is 6.92 Å². The number of methoxy groups -OCH3 is 1. The number of aliphatic imine (C=N–C) groups is 1. The summed E-state index contributed by atoms with van der Waals surface area (Å²) in [7, 11) is 7.72. The van der Waals surface area contributed by atoms with Gasteiger partial charge in [0.2, 0.25) is 0 Å². The Morgan fingerprint density at radius 3 is 2.59 bits per heavy atom. The molecular formula is C17H30N4O. The average molecular weight is 306 g/mol. The number of guanidine groups is 1. The molecule has 0 heterocycles. The largest absolute Gasteiger partial charge is 0.383 e. The van der Waals surface area contributed by atoms with Crippen molar-refractivity contribution in [1.82, 2.24) is 15.1 Å². The van der Waals surface area contributed by atoms with E-state index in [0.29, 0.717) is 0 Å². The third kappa shape index (κ3) is 6.45. The first-order valence-electron chi connectivity index (χ1n) is 7.72. The van der Waals surface area contributed by atoms with Gasteiger partial charge in [0, 0.05) is 47.4 Å². The first kappa shape index (κ1) is 18.5. The van der Waals surface area contributed by atoms with Gasteiger partial charge in [-0.3, -0.25) is 4.99 Å². The minimum atomic E-state index is 0.762. The summed E-state index contributed by atoms with van der Waals surface area (Å²) in [5.41, 5.74) is 2.63. The van der Waals surface area contributed by atoms with Gasteiger partial charge in [0.05, 0.1) is 6.61 Å². The van der Waals surface area contributed by atoms with Crippen molar-refractivity contribution in [2.24, 2.45) is 4.99 Å². The van der Waals surface area contributed by atoms with E-state index in [1.807, 2.05) is 7.05 Å². The second-order valence-electron chi connectivity index (χ2n) is 5.55. The molecular weight excluding hydrogens is 276 g/mol. The Morgan fingerprint density at radius 1 is 1.23 bits per heavy atom. The summed E-state index contributed by atoms with van der Waals surface area (Å²) < 4.78 is 5.08. The predicted molar refractivity (Wildman–Crippen MR) is 93.4 cm³/mol. The SMILES string of the molecule is CN=C(NCCN(C)CCOC)N(C)Cc1ccccc1C. The van der Waals surface area contributed by atoms with E-state index in [2.05, 4.69) is 65.4 Å². The van der Waals surface area contributed by atoms with Gasteiger partial charge in [-0.2, -0.15) is 0 Å². The molecule has 0 atom stereocenters. The van der Waals surface area contributed by atoms with E-state index in [4.69, 9.17) is 4.74 Å². The van der Waals surface area contributed by atoms with Crippen molar-refractivity contribution in [2.75, 3.05) is 54.5 Å². The zero-order valence-corrected chi connectivity index (χ0v) is 14.6. The molecule has 1 rings (SSSR count). The molecule has 124 valence electrons. The van der Waals surface area contributed by atoms with Crippen molar-refractivity contribution < 1.29 is 4.74 Å². The van der Waals surface area contributed by atoms with Gasteiger partial charge < -0.3 is 19.9 Å². The summed E-state index contributed by atoms with van der Waals surface area (Å²) in [5.74, 6) is 0.920. The number of hydrogen-bond acceptors (Lipinski definition) is 3. The van der Waals surface area contributed by atoms with Crippen molar-refractivity contribution in [1.29, 1.82) is 0 Å². The monoisotopic (exact) mass is 306 g/mol. The second kappa shape index (κ2) is 10.2. The molecule has 1 N–H and O–H groups in total. The summed E-state index contributed by atoms with van der Waals surface area (Å²) in [6.45, 7) is 6.52. The molecule has 0 aromatic heterocycles. The van der Waals surface area contributed by atoms with Gasteiger partial charge in [-0.05, 0) is 25.1 Å². The van der Waals surface area contributed by atoms with Gasteiger partial charge in [0.15, 0.2) is 5.96 Å². The summed E-state index contributed by atoms with van der Waals surface area (Å²) in [6, 6.07) is 8.46. The van der Waals surface area contributed by atoms with Gasteiger partial charge >= 0.3 is 0 Å². The van der Waals surface area contributed by atoms with E-state index < -0.39 is 0 Å². The average Bonchev–Trinajstić information content (AvgIpc) is 2.51. The lowest BCUT2D eigenvalue weighted by atomic mass is 10.1. The van der Waals surface area contributed by atoms with E-state index in [1.165, 1.54) is 11.1 Å². The summed E-state index contributed by atoms with van der Waals surface area (Å²) in [5, 5.41) is 3.41. The van der Waals surface area contributed by atoms with Crippen LogP contribution in [0.15, 0.2) is 29.3 Å². The quantitative estimate of drug-likeness (QED) is 0.585. The highest BCUT2D eigenvalue weighted by molar-refractivity contribution is 5.79. The molecule has 0 saturated carbocycles. The molecule has 22 heavy (non-hydrogen) atoms. The van der Waals surface area contributed by atoms with E-state index in [0.717, 1.165) is 38.7 Å². The van der Waals surface area contributed by atoms with Crippen molar-refractivity contribution in [3.63, 3.8) is 0 Å². The van der Waals surface area contributed by atoms with Crippen LogP contribution in [0.1, 0.15) is 11.1 Å². The molecule has 0 aliphatic rings.